The number of carbonyl (C=O) groups excluding carboxylic acids is 1. The molecular weight excluding hydrogens is 443 g/mol. The van der Waals surface area contributed by atoms with E-state index in [1.54, 1.807) is 23.0 Å². The predicted octanol–water partition coefficient (Wildman–Crippen LogP) is 4.86. The van der Waals surface area contributed by atoms with Crippen LogP contribution in [0.1, 0.15) is 42.6 Å². The number of hydrogen-bond donors (Lipinski definition) is 1. The Balaban J connectivity index is 1.38. The predicted molar refractivity (Wildman–Crippen MR) is 131 cm³/mol. The molecule has 1 aliphatic carbocycles. The molecule has 6 rings (SSSR count). The molecule has 7 nitrogen and oxygen atoms in total. The molecule has 2 aromatic carbocycles. The van der Waals surface area contributed by atoms with Gasteiger partial charge in [0.25, 0.3) is 5.91 Å². The van der Waals surface area contributed by atoms with Gasteiger partial charge in [-0.1, -0.05) is 23.4 Å². The highest BCUT2D eigenvalue weighted by atomic mass is 19.1. The number of fused-ring (bicyclic) bond motifs is 2. The lowest BCUT2D eigenvalue weighted by atomic mass is 9.93. The van der Waals surface area contributed by atoms with Crippen LogP contribution in [0.5, 0.6) is 0 Å². The van der Waals surface area contributed by atoms with Gasteiger partial charge >= 0.3 is 0 Å². The first-order valence-corrected chi connectivity index (χ1v) is 11.6. The van der Waals surface area contributed by atoms with E-state index in [1.807, 2.05) is 30.3 Å². The summed E-state index contributed by atoms with van der Waals surface area (Å²) in [5.41, 5.74) is 3.84. The molecule has 0 unspecified atom stereocenters. The molecule has 35 heavy (non-hydrogen) atoms. The van der Waals surface area contributed by atoms with Crippen molar-refractivity contribution in [3.8, 4) is 11.3 Å². The molecular formula is C27H23FN6O. The summed E-state index contributed by atoms with van der Waals surface area (Å²) < 4.78 is 16.6. The number of amides is 1. The lowest BCUT2D eigenvalue weighted by Gasteiger charge is -2.26. The van der Waals surface area contributed by atoms with Crippen LogP contribution in [0.15, 0.2) is 66.9 Å². The van der Waals surface area contributed by atoms with Crippen molar-refractivity contribution in [1.82, 2.24) is 30.3 Å². The van der Waals surface area contributed by atoms with Gasteiger partial charge in [-0.15, -0.1) is 5.10 Å². The average molecular weight is 467 g/mol. The summed E-state index contributed by atoms with van der Waals surface area (Å²) >= 11 is 0. The van der Waals surface area contributed by atoms with Gasteiger partial charge in [0.05, 0.1) is 22.3 Å². The fourth-order valence-corrected chi connectivity index (χ4v) is 4.28. The summed E-state index contributed by atoms with van der Waals surface area (Å²) in [7, 11) is 0. The number of halogens is 1. The summed E-state index contributed by atoms with van der Waals surface area (Å²) in [5.74, 6) is -0.950. The summed E-state index contributed by atoms with van der Waals surface area (Å²) in [5, 5.41) is 12.6. The van der Waals surface area contributed by atoms with Crippen molar-refractivity contribution in [3.05, 3.63) is 83.8 Å². The Kier molecular flexibility index (Phi) is 4.84. The Labute approximate surface area is 201 Å². The number of hydrogen-bond acceptors (Lipinski definition) is 5. The van der Waals surface area contributed by atoms with Crippen LogP contribution in [-0.4, -0.2) is 36.9 Å². The van der Waals surface area contributed by atoms with Gasteiger partial charge in [0.1, 0.15) is 11.3 Å². The molecule has 1 amide bonds. The molecule has 8 heteroatoms. The van der Waals surface area contributed by atoms with E-state index in [9.17, 15) is 9.18 Å². The largest absolute Gasteiger partial charge is 0.349 e. The van der Waals surface area contributed by atoms with E-state index in [4.69, 9.17) is 4.98 Å². The zero-order valence-electron chi connectivity index (χ0n) is 19.4. The fourth-order valence-electron chi connectivity index (χ4n) is 4.28. The van der Waals surface area contributed by atoms with Gasteiger partial charge in [-0.2, -0.15) is 0 Å². The number of nitrogens with zero attached hydrogens (tertiary/aromatic N) is 5. The molecule has 1 fully saturated rings. The Hall–Kier alpha value is -4.20. The lowest BCUT2D eigenvalue weighted by molar-refractivity contribution is 0.0947. The summed E-state index contributed by atoms with van der Waals surface area (Å²) in [6, 6.07) is 18.4. The minimum atomic E-state index is -0.570. The highest BCUT2D eigenvalue weighted by Crippen LogP contribution is 2.31. The normalized spacial score (nSPS) is 13.9. The van der Waals surface area contributed by atoms with Crippen LogP contribution in [0, 0.1) is 5.82 Å². The second-order valence-corrected chi connectivity index (χ2v) is 9.45. The topological polar surface area (TPSA) is 85.6 Å². The minimum absolute atomic E-state index is 0.0420. The number of carbonyl (C=O) groups is 1. The first kappa shape index (κ1) is 21.3. The van der Waals surface area contributed by atoms with Gasteiger partial charge in [-0.3, -0.25) is 9.78 Å². The molecule has 0 aliphatic heterocycles. The smallest absolute Gasteiger partial charge is 0.254 e. The number of pyridine rings is 2. The molecule has 1 saturated carbocycles. The molecule has 3 aromatic heterocycles. The third-order valence-corrected chi connectivity index (χ3v) is 6.56. The van der Waals surface area contributed by atoms with Crippen LogP contribution >= 0.6 is 0 Å². The van der Waals surface area contributed by atoms with Gasteiger partial charge in [0, 0.05) is 23.2 Å². The third kappa shape index (κ3) is 3.80. The molecule has 3 heterocycles. The molecule has 0 spiro atoms. The van der Waals surface area contributed by atoms with E-state index in [2.05, 4.69) is 40.5 Å². The van der Waals surface area contributed by atoms with Gasteiger partial charge in [-0.05, 0) is 74.7 Å². The minimum Gasteiger partial charge on any atom is -0.349 e. The molecule has 0 bridgehead atoms. The van der Waals surface area contributed by atoms with Crippen LogP contribution in [0.2, 0.25) is 0 Å². The zero-order chi connectivity index (χ0) is 24.2. The maximum atomic E-state index is 14.8. The summed E-state index contributed by atoms with van der Waals surface area (Å²) in [6.07, 6.45) is 3.67. The molecule has 0 saturated heterocycles. The van der Waals surface area contributed by atoms with E-state index < -0.39 is 11.4 Å². The number of aromatic nitrogens is 5. The van der Waals surface area contributed by atoms with Crippen LogP contribution in [-0.2, 0) is 5.54 Å². The van der Waals surface area contributed by atoms with Crippen molar-refractivity contribution >= 4 is 28.0 Å². The number of rotatable bonds is 5. The first-order valence-electron chi connectivity index (χ1n) is 11.6. The van der Waals surface area contributed by atoms with E-state index in [-0.39, 0.29) is 17.5 Å². The van der Waals surface area contributed by atoms with Crippen LogP contribution < -0.4 is 5.32 Å². The number of nitrogens with one attached hydrogen (secondary N) is 1. The van der Waals surface area contributed by atoms with Crippen LogP contribution in [0.3, 0.4) is 0 Å². The second-order valence-electron chi connectivity index (χ2n) is 9.45. The first-order chi connectivity index (χ1) is 16.9. The Morgan fingerprint density at radius 1 is 1.06 bits per heavy atom. The SMILES string of the molecule is CC(C)(c1ccc2ncccc2c1)n1nnc2ccc(-c3ccc(C(=O)NC4CC4)c(F)c3)nc21. The Bertz CT molecular complexity index is 1600. The highest BCUT2D eigenvalue weighted by molar-refractivity contribution is 5.95. The quantitative estimate of drug-likeness (QED) is 0.400. The average Bonchev–Trinajstić information content (AvgIpc) is 3.57. The standard InChI is InChI=1S/C27H23FN6O/c1-27(2,18-6-10-22-16(14-18)4-3-13-29-22)34-25-24(32-33-34)12-11-23(31-25)17-5-9-20(21(28)15-17)26(35)30-19-7-8-19/h3-6,9-15,19H,7-8H2,1-2H3,(H,30,35). The summed E-state index contributed by atoms with van der Waals surface area (Å²) in [6.45, 7) is 4.11. The van der Waals surface area contributed by atoms with Gasteiger partial charge < -0.3 is 5.32 Å². The molecule has 1 N–H and O–H groups in total. The van der Waals surface area contributed by atoms with E-state index in [0.29, 0.717) is 22.4 Å². The Morgan fingerprint density at radius 2 is 1.89 bits per heavy atom. The second kappa shape index (κ2) is 7.94. The fraction of sp³-hybridized carbons (Fsp3) is 0.222. The highest BCUT2D eigenvalue weighted by Gasteiger charge is 2.28. The van der Waals surface area contributed by atoms with Crippen molar-refractivity contribution in [2.75, 3.05) is 0 Å². The molecule has 0 atom stereocenters. The van der Waals surface area contributed by atoms with Gasteiger partial charge in [-0.25, -0.2) is 14.1 Å². The molecule has 0 radical (unpaired) electrons. The monoisotopic (exact) mass is 466 g/mol. The van der Waals surface area contributed by atoms with Crippen molar-refractivity contribution in [3.63, 3.8) is 0 Å². The molecule has 174 valence electrons. The number of benzene rings is 2. The van der Waals surface area contributed by atoms with Crippen molar-refractivity contribution in [2.24, 2.45) is 0 Å². The third-order valence-electron chi connectivity index (χ3n) is 6.56. The van der Waals surface area contributed by atoms with Crippen LogP contribution in [0.25, 0.3) is 33.3 Å². The van der Waals surface area contributed by atoms with E-state index in [1.165, 1.54) is 12.1 Å². The zero-order valence-corrected chi connectivity index (χ0v) is 19.4. The maximum Gasteiger partial charge on any atom is 0.254 e. The maximum absolute atomic E-state index is 14.8. The van der Waals surface area contributed by atoms with E-state index >= 15 is 0 Å². The molecule has 1 aliphatic rings. The molecule has 5 aromatic rings. The van der Waals surface area contributed by atoms with Crippen molar-refractivity contribution in [2.45, 2.75) is 38.3 Å². The van der Waals surface area contributed by atoms with Crippen LogP contribution in [0.4, 0.5) is 4.39 Å². The Morgan fingerprint density at radius 3 is 2.69 bits per heavy atom. The van der Waals surface area contributed by atoms with Gasteiger partial charge in [0.2, 0.25) is 0 Å². The summed E-state index contributed by atoms with van der Waals surface area (Å²) in [4.78, 5) is 21.5. The lowest BCUT2D eigenvalue weighted by Crippen LogP contribution is -2.29. The van der Waals surface area contributed by atoms with Gasteiger partial charge in [0.15, 0.2) is 5.65 Å². The van der Waals surface area contributed by atoms with Crippen molar-refractivity contribution in [1.29, 1.82) is 0 Å². The van der Waals surface area contributed by atoms with E-state index in [0.717, 1.165) is 29.3 Å². The van der Waals surface area contributed by atoms with Crippen molar-refractivity contribution < 1.29 is 9.18 Å².